The molecular formula is C18H26S. The Morgan fingerprint density at radius 3 is 2.00 bits per heavy atom. The van der Waals surface area contributed by atoms with Crippen molar-refractivity contribution in [3.63, 3.8) is 0 Å². The molecule has 0 rings (SSSR count). The molecule has 0 aliphatic heterocycles. The third-order valence-corrected chi connectivity index (χ3v) is 3.48. The highest BCUT2D eigenvalue weighted by atomic mass is 32.2. The monoisotopic (exact) mass is 274 g/mol. The Labute approximate surface area is 123 Å². The van der Waals surface area contributed by atoms with Crippen LogP contribution in [-0.2, 0) is 0 Å². The van der Waals surface area contributed by atoms with E-state index in [1.165, 1.54) is 11.1 Å². The highest BCUT2D eigenvalue weighted by molar-refractivity contribution is 7.99. The number of hydrogen-bond acceptors (Lipinski definition) is 1. The molecule has 0 radical (unpaired) electrons. The van der Waals surface area contributed by atoms with Crippen LogP contribution in [0.2, 0.25) is 0 Å². The first-order valence-electron chi connectivity index (χ1n) is 6.75. The van der Waals surface area contributed by atoms with Gasteiger partial charge in [0.1, 0.15) is 0 Å². The fourth-order valence-electron chi connectivity index (χ4n) is 1.39. The van der Waals surface area contributed by atoms with E-state index in [9.17, 15) is 0 Å². The van der Waals surface area contributed by atoms with E-state index < -0.39 is 0 Å². The van der Waals surface area contributed by atoms with Crippen molar-refractivity contribution in [1.82, 2.24) is 0 Å². The Morgan fingerprint density at radius 2 is 1.42 bits per heavy atom. The lowest BCUT2D eigenvalue weighted by Gasteiger charge is -2.03. The molecule has 0 nitrogen and oxygen atoms in total. The maximum absolute atomic E-state index is 2.18. The number of thioether (sulfide) groups is 1. The molecule has 0 spiro atoms. The maximum Gasteiger partial charge on any atom is 0.0187 e. The topological polar surface area (TPSA) is 0 Å². The molecule has 0 saturated heterocycles. The van der Waals surface area contributed by atoms with Crippen LogP contribution in [0.1, 0.15) is 27.7 Å². The molecule has 0 aromatic heterocycles. The van der Waals surface area contributed by atoms with E-state index in [1.807, 2.05) is 31.7 Å². The quantitative estimate of drug-likeness (QED) is 0.498. The van der Waals surface area contributed by atoms with Gasteiger partial charge in [-0.2, -0.15) is 11.8 Å². The minimum Gasteiger partial charge on any atom is -0.152 e. The average Bonchev–Trinajstić information content (AvgIpc) is 2.43. The van der Waals surface area contributed by atoms with E-state index in [2.05, 4.69) is 68.5 Å². The van der Waals surface area contributed by atoms with Gasteiger partial charge in [-0.1, -0.05) is 60.8 Å². The second-order valence-electron chi connectivity index (χ2n) is 4.01. The van der Waals surface area contributed by atoms with E-state index in [4.69, 9.17) is 0 Å². The van der Waals surface area contributed by atoms with Crippen molar-refractivity contribution in [3.8, 4) is 0 Å². The summed E-state index contributed by atoms with van der Waals surface area (Å²) in [5, 5.41) is 0. The Hall–Kier alpha value is -1.21. The summed E-state index contributed by atoms with van der Waals surface area (Å²) in [6.45, 7) is 8.23. The molecule has 0 amide bonds. The highest BCUT2D eigenvalue weighted by Crippen LogP contribution is 2.14. The summed E-state index contributed by atoms with van der Waals surface area (Å²) in [6.07, 6.45) is 21.2. The SMILES string of the molecule is C\C=C/C=C\C(=C/C)CSCC(/C=C\C)=C/C=C\C. The normalized spacial score (nSPS) is 14.7. The summed E-state index contributed by atoms with van der Waals surface area (Å²) in [5.74, 6) is 2.10. The molecule has 0 aliphatic rings. The molecule has 104 valence electrons. The first-order valence-corrected chi connectivity index (χ1v) is 7.90. The molecule has 1 heteroatoms. The van der Waals surface area contributed by atoms with Gasteiger partial charge in [-0.15, -0.1) is 0 Å². The largest absolute Gasteiger partial charge is 0.152 e. The van der Waals surface area contributed by atoms with E-state index >= 15 is 0 Å². The summed E-state index contributed by atoms with van der Waals surface area (Å²) in [5.41, 5.74) is 2.73. The molecular weight excluding hydrogens is 248 g/mol. The van der Waals surface area contributed by atoms with Crippen LogP contribution in [0.5, 0.6) is 0 Å². The van der Waals surface area contributed by atoms with Crippen LogP contribution in [0.4, 0.5) is 0 Å². The van der Waals surface area contributed by atoms with Crippen molar-refractivity contribution in [2.75, 3.05) is 11.5 Å². The molecule has 0 aromatic carbocycles. The lowest BCUT2D eigenvalue weighted by atomic mass is 10.2. The smallest absolute Gasteiger partial charge is 0.0187 e. The van der Waals surface area contributed by atoms with Crippen LogP contribution in [0.3, 0.4) is 0 Å². The number of hydrogen-bond donors (Lipinski definition) is 0. The van der Waals surface area contributed by atoms with E-state index in [1.54, 1.807) is 0 Å². The predicted molar refractivity (Wildman–Crippen MR) is 92.7 cm³/mol. The molecule has 0 heterocycles. The van der Waals surface area contributed by atoms with Crippen molar-refractivity contribution in [2.24, 2.45) is 0 Å². The van der Waals surface area contributed by atoms with Gasteiger partial charge in [-0.05, 0) is 38.8 Å². The number of rotatable bonds is 8. The summed E-state index contributed by atoms with van der Waals surface area (Å²) in [4.78, 5) is 0. The summed E-state index contributed by atoms with van der Waals surface area (Å²) in [6, 6.07) is 0. The fraction of sp³-hybridized carbons (Fsp3) is 0.333. The number of allylic oxidation sites excluding steroid dienone is 10. The molecule has 0 unspecified atom stereocenters. The van der Waals surface area contributed by atoms with Crippen molar-refractivity contribution in [2.45, 2.75) is 27.7 Å². The predicted octanol–water partition coefficient (Wildman–Crippen LogP) is 5.88. The van der Waals surface area contributed by atoms with Crippen molar-refractivity contribution in [1.29, 1.82) is 0 Å². The Bertz CT molecular complexity index is 390. The molecule has 0 fully saturated rings. The molecule has 0 saturated carbocycles. The van der Waals surface area contributed by atoms with Gasteiger partial charge in [0.15, 0.2) is 0 Å². The van der Waals surface area contributed by atoms with E-state index in [0.717, 1.165) is 11.5 Å². The van der Waals surface area contributed by atoms with E-state index in [-0.39, 0.29) is 0 Å². The van der Waals surface area contributed by atoms with Crippen LogP contribution >= 0.6 is 11.8 Å². The van der Waals surface area contributed by atoms with Crippen LogP contribution in [-0.4, -0.2) is 11.5 Å². The first-order chi connectivity index (χ1) is 9.28. The second-order valence-corrected chi connectivity index (χ2v) is 4.99. The van der Waals surface area contributed by atoms with E-state index in [0.29, 0.717) is 0 Å². The van der Waals surface area contributed by atoms with Gasteiger partial charge < -0.3 is 0 Å². The minimum absolute atomic E-state index is 1.05. The zero-order chi connectivity index (χ0) is 14.3. The van der Waals surface area contributed by atoms with Gasteiger partial charge in [0.25, 0.3) is 0 Å². The van der Waals surface area contributed by atoms with Gasteiger partial charge in [-0.25, -0.2) is 0 Å². The van der Waals surface area contributed by atoms with Gasteiger partial charge >= 0.3 is 0 Å². The lowest BCUT2D eigenvalue weighted by molar-refractivity contribution is 1.46. The average molecular weight is 274 g/mol. The maximum atomic E-state index is 2.18. The van der Waals surface area contributed by atoms with Gasteiger partial charge in [0.05, 0.1) is 0 Å². The van der Waals surface area contributed by atoms with Crippen LogP contribution in [0.25, 0.3) is 0 Å². The second kappa shape index (κ2) is 13.2. The zero-order valence-electron chi connectivity index (χ0n) is 12.6. The van der Waals surface area contributed by atoms with Crippen LogP contribution in [0.15, 0.2) is 71.9 Å². The summed E-state index contributed by atoms with van der Waals surface area (Å²) >= 11 is 1.95. The molecule has 0 N–H and O–H groups in total. The molecule has 19 heavy (non-hydrogen) atoms. The third kappa shape index (κ3) is 10.4. The van der Waals surface area contributed by atoms with Crippen molar-refractivity contribution in [3.05, 3.63) is 71.9 Å². The highest BCUT2D eigenvalue weighted by Gasteiger charge is 1.95. The first kappa shape index (κ1) is 17.8. The minimum atomic E-state index is 1.05. The van der Waals surface area contributed by atoms with Gasteiger partial charge in [0.2, 0.25) is 0 Å². The molecule has 0 bridgehead atoms. The van der Waals surface area contributed by atoms with Crippen LogP contribution < -0.4 is 0 Å². The van der Waals surface area contributed by atoms with Gasteiger partial charge in [0, 0.05) is 11.5 Å². The molecule has 0 aliphatic carbocycles. The van der Waals surface area contributed by atoms with Crippen molar-refractivity contribution >= 4 is 11.8 Å². The lowest BCUT2D eigenvalue weighted by Crippen LogP contribution is -1.88. The van der Waals surface area contributed by atoms with Crippen molar-refractivity contribution < 1.29 is 0 Å². The summed E-state index contributed by atoms with van der Waals surface area (Å²) < 4.78 is 0. The van der Waals surface area contributed by atoms with Gasteiger partial charge in [-0.3, -0.25) is 0 Å². The summed E-state index contributed by atoms with van der Waals surface area (Å²) in [7, 11) is 0. The Morgan fingerprint density at radius 1 is 0.737 bits per heavy atom. The third-order valence-electron chi connectivity index (χ3n) is 2.41. The Balaban J connectivity index is 4.31. The zero-order valence-corrected chi connectivity index (χ0v) is 13.4. The fourth-order valence-corrected chi connectivity index (χ4v) is 2.42. The Kier molecular flexibility index (Phi) is 12.4. The van der Waals surface area contributed by atoms with Crippen LogP contribution in [0, 0.1) is 0 Å². The molecule has 0 aromatic rings. The standard InChI is InChI=1S/C18H26S/c1-5-9-11-14-17(8-4)15-19-16-18(12-7-3)13-10-6-2/h5-14H,15-16H2,1-4H3/b9-5-,10-6-,12-7-,14-11-,17-8+,18-13+. The molecule has 0 atom stereocenters.